The van der Waals surface area contributed by atoms with Gasteiger partial charge in [-0.1, -0.05) is 24.3 Å². The molecule has 1 atom stereocenters. The van der Waals surface area contributed by atoms with Crippen LogP contribution >= 0.6 is 0 Å². The summed E-state index contributed by atoms with van der Waals surface area (Å²) in [5, 5.41) is 0. The molecule has 1 aromatic heterocycles. The second-order valence-electron chi connectivity index (χ2n) is 2.94. The van der Waals surface area contributed by atoms with Crippen molar-refractivity contribution < 1.29 is 4.57 Å². The van der Waals surface area contributed by atoms with Gasteiger partial charge in [0.05, 0.1) is 0 Å². The van der Waals surface area contributed by atoms with Gasteiger partial charge in [0, 0.05) is 18.6 Å². The third-order valence-corrected chi connectivity index (χ3v) is 2.08. The molecule has 0 N–H and O–H groups in total. The fourth-order valence-corrected chi connectivity index (χ4v) is 1.42. The van der Waals surface area contributed by atoms with Crippen LogP contribution in [-0.4, -0.2) is 0 Å². The standard InChI is InChI=1S/C11H12N/c1-3-7-11(8-4-1)12-9-5-2-6-10-12/h1-7,9-11H,8H2/q+1. The summed E-state index contributed by atoms with van der Waals surface area (Å²) in [4.78, 5) is 0. The van der Waals surface area contributed by atoms with E-state index in [1.165, 1.54) is 0 Å². The van der Waals surface area contributed by atoms with Crippen LogP contribution in [0.2, 0.25) is 0 Å². The lowest BCUT2D eigenvalue weighted by atomic mass is 10.1. The summed E-state index contributed by atoms with van der Waals surface area (Å²) in [6, 6.07) is 6.67. The average Bonchev–Trinajstić information content (AvgIpc) is 2.21. The molecule has 1 heteroatoms. The molecule has 1 unspecified atom stereocenters. The fraction of sp³-hybridized carbons (Fsp3) is 0.182. The van der Waals surface area contributed by atoms with Crippen LogP contribution in [0, 0.1) is 0 Å². The molecule has 0 fully saturated rings. The van der Waals surface area contributed by atoms with Crippen molar-refractivity contribution in [1.82, 2.24) is 0 Å². The fourth-order valence-electron chi connectivity index (χ4n) is 1.42. The SMILES string of the molecule is C1=CCC([n+]2ccccc2)C=C1. The van der Waals surface area contributed by atoms with E-state index in [0.717, 1.165) is 6.42 Å². The van der Waals surface area contributed by atoms with Crippen LogP contribution < -0.4 is 4.57 Å². The molecule has 0 saturated carbocycles. The second kappa shape index (κ2) is 3.35. The van der Waals surface area contributed by atoms with E-state index < -0.39 is 0 Å². The number of aromatic nitrogens is 1. The van der Waals surface area contributed by atoms with Gasteiger partial charge >= 0.3 is 0 Å². The third-order valence-electron chi connectivity index (χ3n) is 2.08. The van der Waals surface area contributed by atoms with Gasteiger partial charge in [0.1, 0.15) is 0 Å². The topological polar surface area (TPSA) is 3.88 Å². The highest BCUT2D eigenvalue weighted by molar-refractivity contribution is 5.09. The van der Waals surface area contributed by atoms with Crippen molar-refractivity contribution in [1.29, 1.82) is 0 Å². The maximum atomic E-state index is 2.22. The minimum Gasteiger partial charge on any atom is -0.198 e. The predicted molar refractivity (Wildman–Crippen MR) is 48.6 cm³/mol. The summed E-state index contributed by atoms with van der Waals surface area (Å²) in [7, 11) is 0. The first kappa shape index (κ1) is 7.29. The predicted octanol–water partition coefficient (Wildman–Crippen LogP) is 2.03. The van der Waals surface area contributed by atoms with Crippen LogP contribution in [0.3, 0.4) is 0 Å². The first-order valence-corrected chi connectivity index (χ1v) is 4.26. The summed E-state index contributed by atoms with van der Waals surface area (Å²) < 4.78 is 2.22. The smallest absolute Gasteiger partial charge is 0.180 e. The molecular weight excluding hydrogens is 146 g/mol. The third kappa shape index (κ3) is 1.45. The zero-order valence-corrected chi connectivity index (χ0v) is 6.93. The van der Waals surface area contributed by atoms with Crippen LogP contribution in [0.1, 0.15) is 12.5 Å². The minimum absolute atomic E-state index is 0.510. The zero-order chi connectivity index (χ0) is 8.23. The molecule has 0 spiro atoms. The van der Waals surface area contributed by atoms with Crippen molar-refractivity contribution in [3.05, 3.63) is 54.9 Å². The average molecular weight is 158 g/mol. The Morgan fingerprint density at radius 1 is 1.00 bits per heavy atom. The van der Waals surface area contributed by atoms with Gasteiger partial charge in [-0.25, -0.2) is 0 Å². The lowest BCUT2D eigenvalue weighted by Gasteiger charge is -2.06. The van der Waals surface area contributed by atoms with Crippen LogP contribution in [0.25, 0.3) is 0 Å². The molecule has 2 rings (SSSR count). The Hall–Kier alpha value is -1.37. The van der Waals surface area contributed by atoms with Crippen LogP contribution in [0.4, 0.5) is 0 Å². The molecule has 12 heavy (non-hydrogen) atoms. The maximum absolute atomic E-state index is 2.22. The van der Waals surface area contributed by atoms with Crippen LogP contribution in [-0.2, 0) is 0 Å². The van der Waals surface area contributed by atoms with Gasteiger partial charge in [-0.2, -0.15) is 4.57 Å². The first-order chi connectivity index (χ1) is 5.97. The van der Waals surface area contributed by atoms with E-state index in [9.17, 15) is 0 Å². The zero-order valence-electron chi connectivity index (χ0n) is 6.93. The lowest BCUT2D eigenvalue weighted by Crippen LogP contribution is -2.37. The van der Waals surface area contributed by atoms with Crippen molar-refractivity contribution in [3.8, 4) is 0 Å². The van der Waals surface area contributed by atoms with E-state index >= 15 is 0 Å². The maximum Gasteiger partial charge on any atom is 0.180 e. The summed E-state index contributed by atoms with van der Waals surface area (Å²) >= 11 is 0. The Morgan fingerprint density at radius 2 is 1.83 bits per heavy atom. The number of hydrogen-bond acceptors (Lipinski definition) is 0. The molecule has 1 aliphatic carbocycles. The monoisotopic (exact) mass is 158 g/mol. The number of allylic oxidation sites excluding steroid dienone is 4. The van der Waals surface area contributed by atoms with Crippen molar-refractivity contribution in [3.63, 3.8) is 0 Å². The highest BCUT2D eigenvalue weighted by atomic mass is 15.0. The van der Waals surface area contributed by atoms with E-state index in [1.807, 2.05) is 6.07 Å². The molecule has 1 aliphatic rings. The van der Waals surface area contributed by atoms with Crippen LogP contribution in [0.5, 0.6) is 0 Å². The quantitative estimate of drug-likeness (QED) is 0.551. The molecule has 0 amide bonds. The van der Waals surface area contributed by atoms with Crippen molar-refractivity contribution in [2.45, 2.75) is 12.5 Å². The minimum atomic E-state index is 0.510. The van der Waals surface area contributed by atoms with Gasteiger partial charge in [0.15, 0.2) is 18.4 Å². The van der Waals surface area contributed by atoms with E-state index in [2.05, 4.69) is 53.4 Å². The Kier molecular flexibility index (Phi) is 2.04. The molecule has 0 aromatic carbocycles. The molecule has 1 nitrogen and oxygen atoms in total. The molecule has 1 heterocycles. The highest BCUT2D eigenvalue weighted by Crippen LogP contribution is 2.09. The van der Waals surface area contributed by atoms with Crippen molar-refractivity contribution in [2.24, 2.45) is 0 Å². The van der Waals surface area contributed by atoms with Gasteiger partial charge in [-0.3, -0.25) is 0 Å². The Bertz CT molecular complexity index is 298. The highest BCUT2D eigenvalue weighted by Gasteiger charge is 2.12. The van der Waals surface area contributed by atoms with Crippen molar-refractivity contribution >= 4 is 0 Å². The number of nitrogens with zero attached hydrogens (tertiary/aromatic N) is 1. The van der Waals surface area contributed by atoms with Gasteiger partial charge in [-0.05, 0) is 6.08 Å². The number of rotatable bonds is 1. The van der Waals surface area contributed by atoms with Gasteiger partial charge < -0.3 is 0 Å². The van der Waals surface area contributed by atoms with E-state index in [4.69, 9.17) is 0 Å². The molecule has 0 bridgehead atoms. The normalized spacial score (nSPS) is 21.2. The van der Waals surface area contributed by atoms with E-state index in [0.29, 0.717) is 6.04 Å². The summed E-state index contributed by atoms with van der Waals surface area (Å²) in [6.07, 6.45) is 13.9. The van der Waals surface area contributed by atoms with Crippen LogP contribution in [0.15, 0.2) is 54.9 Å². The largest absolute Gasteiger partial charge is 0.198 e. The Balaban J connectivity index is 2.21. The number of pyridine rings is 1. The molecular formula is C11H12N+. The number of hydrogen-bond donors (Lipinski definition) is 0. The summed E-state index contributed by atoms with van der Waals surface area (Å²) in [5.41, 5.74) is 0. The second-order valence-corrected chi connectivity index (χ2v) is 2.94. The van der Waals surface area contributed by atoms with Gasteiger partial charge in [-0.15, -0.1) is 0 Å². The van der Waals surface area contributed by atoms with Gasteiger partial charge in [0.2, 0.25) is 0 Å². The summed E-state index contributed by atoms with van der Waals surface area (Å²) in [6.45, 7) is 0. The first-order valence-electron chi connectivity index (χ1n) is 4.26. The molecule has 0 radical (unpaired) electrons. The van der Waals surface area contributed by atoms with E-state index in [1.54, 1.807) is 0 Å². The lowest BCUT2D eigenvalue weighted by molar-refractivity contribution is -0.711. The molecule has 1 aromatic rings. The van der Waals surface area contributed by atoms with Gasteiger partial charge in [0.25, 0.3) is 0 Å². The molecule has 60 valence electrons. The van der Waals surface area contributed by atoms with E-state index in [-0.39, 0.29) is 0 Å². The van der Waals surface area contributed by atoms with Crippen molar-refractivity contribution in [2.75, 3.05) is 0 Å². The molecule has 0 saturated heterocycles. The summed E-state index contributed by atoms with van der Waals surface area (Å²) in [5.74, 6) is 0. The Morgan fingerprint density at radius 3 is 2.50 bits per heavy atom. The Labute approximate surface area is 72.7 Å². The molecule has 0 aliphatic heterocycles.